The average Bonchev–Trinajstić information content (AvgIpc) is 2.37. The molecule has 1 atom stereocenters. The summed E-state index contributed by atoms with van der Waals surface area (Å²) in [6, 6.07) is 6.14. The number of nitrogens with zero attached hydrogens (tertiary/aromatic N) is 1. The Balaban J connectivity index is 2.50. The van der Waals surface area contributed by atoms with Gasteiger partial charge in [-0.2, -0.15) is 0 Å². The van der Waals surface area contributed by atoms with Crippen molar-refractivity contribution in [1.82, 2.24) is 10.2 Å². The largest absolute Gasteiger partial charge is 0.342 e. The Kier molecular flexibility index (Phi) is 5.78. The number of nitrogens with one attached hydrogen (secondary N) is 1. The Morgan fingerprint density at radius 2 is 2.06 bits per heavy atom. The van der Waals surface area contributed by atoms with Crippen LogP contribution in [0.4, 0.5) is 4.39 Å². The lowest BCUT2D eigenvalue weighted by molar-refractivity contribution is -0.132. The zero-order chi connectivity index (χ0) is 13.5. The van der Waals surface area contributed by atoms with Crippen molar-refractivity contribution in [2.24, 2.45) is 0 Å². The second kappa shape index (κ2) is 7.11. The number of carbonyl (C=O) groups is 1. The molecule has 0 saturated carbocycles. The van der Waals surface area contributed by atoms with Gasteiger partial charge in [0.1, 0.15) is 5.82 Å². The minimum atomic E-state index is -0.256. The first kappa shape index (κ1) is 14.6. The first-order valence-corrected chi connectivity index (χ1v) is 6.35. The van der Waals surface area contributed by atoms with Crippen LogP contribution < -0.4 is 5.32 Å². The van der Waals surface area contributed by atoms with Crippen molar-refractivity contribution in [2.45, 2.75) is 33.4 Å². The maximum Gasteiger partial charge on any atom is 0.239 e. The van der Waals surface area contributed by atoms with Crippen LogP contribution in [0.5, 0.6) is 0 Å². The SMILES string of the molecule is CCN(CC)C(=O)C(C)NCc1cccc(F)c1. The van der Waals surface area contributed by atoms with E-state index in [4.69, 9.17) is 0 Å². The van der Waals surface area contributed by atoms with E-state index in [0.717, 1.165) is 5.56 Å². The van der Waals surface area contributed by atoms with Gasteiger partial charge in [-0.15, -0.1) is 0 Å². The molecule has 0 aliphatic rings. The summed E-state index contributed by atoms with van der Waals surface area (Å²) in [4.78, 5) is 13.8. The Morgan fingerprint density at radius 1 is 1.39 bits per heavy atom. The smallest absolute Gasteiger partial charge is 0.239 e. The Labute approximate surface area is 108 Å². The number of rotatable bonds is 6. The summed E-state index contributed by atoms with van der Waals surface area (Å²) in [5.74, 6) is -0.173. The quantitative estimate of drug-likeness (QED) is 0.841. The number of carbonyl (C=O) groups excluding carboxylic acids is 1. The van der Waals surface area contributed by atoms with Gasteiger partial charge in [0.15, 0.2) is 0 Å². The molecular weight excluding hydrogens is 231 g/mol. The van der Waals surface area contributed by atoms with E-state index in [2.05, 4.69) is 5.32 Å². The summed E-state index contributed by atoms with van der Waals surface area (Å²) in [5.41, 5.74) is 0.842. The van der Waals surface area contributed by atoms with Crippen LogP contribution in [-0.2, 0) is 11.3 Å². The van der Waals surface area contributed by atoms with E-state index in [-0.39, 0.29) is 17.8 Å². The van der Waals surface area contributed by atoms with Crippen LogP contribution in [0.15, 0.2) is 24.3 Å². The first-order chi connectivity index (χ1) is 8.58. The van der Waals surface area contributed by atoms with Crippen LogP contribution in [0.1, 0.15) is 26.3 Å². The molecule has 4 heteroatoms. The number of hydrogen-bond donors (Lipinski definition) is 1. The van der Waals surface area contributed by atoms with Crippen LogP contribution >= 0.6 is 0 Å². The second-order valence-electron chi connectivity index (χ2n) is 4.24. The molecule has 0 fully saturated rings. The Hall–Kier alpha value is -1.42. The first-order valence-electron chi connectivity index (χ1n) is 6.35. The van der Waals surface area contributed by atoms with E-state index in [1.54, 1.807) is 11.0 Å². The fourth-order valence-corrected chi connectivity index (χ4v) is 1.81. The zero-order valence-corrected chi connectivity index (χ0v) is 11.2. The molecule has 0 heterocycles. The molecule has 1 amide bonds. The summed E-state index contributed by atoms with van der Waals surface area (Å²) in [5, 5.41) is 3.12. The van der Waals surface area contributed by atoms with Crippen molar-refractivity contribution in [2.75, 3.05) is 13.1 Å². The maximum absolute atomic E-state index is 13.0. The van der Waals surface area contributed by atoms with Gasteiger partial charge < -0.3 is 10.2 Å². The van der Waals surface area contributed by atoms with Crippen molar-refractivity contribution in [3.63, 3.8) is 0 Å². The van der Waals surface area contributed by atoms with Gasteiger partial charge in [-0.25, -0.2) is 4.39 Å². The van der Waals surface area contributed by atoms with Gasteiger partial charge in [-0.3, -0.25) is 4.79 Å². The van der Waals surface area contributed by atoms with Crippen molar-refractivity contribution >= 4 is 5.91 Å². The van der Waals surface area contributed by atoms with Crippen molar-refractivity contribution in [1.29, 1.82) is 0 Å². The highest BCUT2D eigenvalue weighted by Crippen LogP contribution is 2.04. The van der Waals surface area contributed by atoms with Gasteiger partial charge in [0, 0.05) is 19.6 Å². The number of hydrogen-bond acceptors (Lipinski definition) is 2. The summed E-state index contributed by atoms with van der Waals surface area (Å²) < 4.78 is 13.0. The molecular formula is C14H21FN2O. The van der Waals surface area contributed by atoms with Gasteiger partial charge in [0.25, 0.3) is 0 Å². The molecule has 1 N–H and O–H groups in total. The van der Waals surface area contributed by atoms with Crippen LogP contribution in [0, 0.1) is 5.82 Å². The molecule has 0 radical (unpaired) electrons. The fraction of sp³-hybridized carbons (Fsp3) is 0.500. The number of likely N-dealkylation sites (N-methyl/N-ethyl adjacent to an activating group) is 1. The third-order valence-electron chi connectivity index (χ3n) is 2.95. The normalized spacial score (nSPS) is 12.2. The van der Waals surface area contributed by atoms with Gasteiger partial charge in [0.2, 0.25) is 5.91 Å². The zero-order valence-electron chi connectivity index (χ0n) is 11.2. The predicted molar refractivity (Wildman–Crippen MR) is 70.6 cm³/mol. The molecule has 100 valence electrons. The van der Waals surface area contributed by atoms with E-state index in [1.807, 2.05) is 26.8 Å². The number of amides is 1. The summed E-state index contributed by atoms with van der Waals surface area (Å²) in [6.45, 7) is 7.66. The van der Waals surface area contributed by atoms with Gasteiger partial charge in [-0.1, -0.05) is 12.1 Å². The standard InChI is InChI=1S/C14H21FN2O/c1-4-17(5-2)14(18)11(3)16-10-12-7-6-8-13(15)9-12/h6-9,11,16H,4-5,10H2,1-3H3. The minimum absolute atomic E-state index is 0.0800. The topological polar surface area (TPSA) is 32.3 Å². The lowest BCUT2D eigenvalue weighted by Gasteiger charge is -2.23. The lowest BCUT2D eigenvalue weighted by atomic mass is 10.2. The number of benzene rings is 1. The predicted octanol–water partition coefficient (Wildman–Crippen LogP) is 2.17. The third kappa shape index (κ3) is 4.11. The molecule has 1 rings (SSSR count). The second-order valence-corrected chi connectivity index (χ2v) is 4.24. The van der Waals surface area contributed by atoms with Crippen molar-refractivity contribution in [3.8, 4) is 0 Å². The highest BCUT2D eigenvalue weighted by atomic mass is 19.1. The molecule has 0 aromatic heterocycles. The molecule has 18 heavy (non-hydrogen) atoms. The molecule has 0 spiro atoms. The summed E-state index contributed by atoms with van der Waals surface area (Å²) in [7, 11) is 0. The average molecular weight is 252 g/mol. The molecule has 0 aliphatic heterocycles. The molecule has 0 aliphatic carbocycles. The Bertz CT molecular complexity index is 391. The van der Waals surface area contributed by atoms with Crippen LogP contribution in [0.25, 0.3) is 0 Å². The van der Waals surface area contributed by atoms with E-state index >= 15 is 0 Å². The van der Waals surface area contributed by atoms with E-state index in [0.29, 0.717) is 19.6 Å². The van der Waals surface area contributed by atoms with Crippen molar-refractivity contribution in [3.05, 3.63) is 35.6 Å². The van der Waals surface area contributed by atoms with Crippen LogP contribution in [0.3, 0.4) is 0 Å². The van der Waals surface area contributed by atoms with Crippen LogP contribution in [-0.4, -0.2) is 29.9 Å². The monoisotopic (exact) mass is 252 g/mol. The highest BCUT2D eigenvalue weighted by Gasteiger charge is 2.17. The van der Waals surface area contributed by atoms with Gasteiger partial charge >= 0.3 is 0 Å². The van der Waals surface area contributed by atoms with Crippen molar-refractivity contribution < 1.29 is 9.18 Å². The fourth-order valence-electron chi connectivity index (χ4n) is 1.81. The number of halogens is 1. The molecule has 0 bridgehead atoms. The molecule has 0 saturated heterocycles. The highest BCUT2D eigenvalue weighted by molar-refractivity contribution is 5.81. The minimum Gasteiger partial charge on any atom is -0.342 e. The third-order valence-corrected chi connectivity index (χ3v) is 2.95. The maximum atomic E-state index is 13.0. The summed E-state index contributed by atoms with van der Waals surface area (Å²) >= 11 is 0. The van der Waals surface area contributed by atoms with Gasteiger partial charge in [-0.05, 0) is 38.5 Å². The van der Waals surface area contributed by atoms with E-state index in [1.165, 1.54) is 12.1 Å². The lowest BCUT2D eigenvalue weighted by Crippen LogP contribution is -2.44. The molecule has 1 aromatic carbocycles. The van der Waals surface area contributed by atoms with E-state index < -0.39 is 0 Å². The molecule has 1 aromatic rings. The summed E-state index contributed by atoms with van der Waals surface area (Å²) in [6.07, 6.45) is 0. The van der Waals surface area contributed by atoms with Crippen LogP contribution in [0.2, 0.25) is 0 Å². The van der Waals surface area contributed by atoms with Gasteiger partial charge in [0.05, 0.1) is 6.04 Å². The Morgan fingerprint density at radius 3 is 2.61 bits per heavy atom. The van der Waals surface area contributed by atoms with E-state index in [9.17, 15) is 9.18 Å². The molecule has 3 nitrogen and oxygen atoms in total. The molecule has 1 unspecified atom stereocenters.